The SMILES string of the molecule is COc1cnc(NC(=O)C(=NOCc2ccn(C)n2)c2ccc(S(=O)(=O)[C@H]3CCOC3)cc2)cn1. The maximum absolute atomic E-state index is 13.0. The van der Waals surface area contributed by atoms with Crippen molar-refractivity contribution < 1.29 is 27.5 Å². The fourth-order valence-electron chi connectivity index (χ4n) is 3.34. The molecule has 184 valence electrons. The molecule has 4 rings (SSSR count). The largest absolute Gasteiger partial charge is 0.480 e. The Morgan fingerprint density at radius 1 is 1.23 bits per heavy atom. The molecule has 1 aliphatic rings. The number of hydrogen-bond donors (Lipinski definition) is 1. The highest BCUT2D eigenvalue weighted by molar-refractivity contribution is 7.92. The molecule has 1 aliphatic heterocycles. The summed E-state index contributed by atoms with van der Waals surface area (Å²) >= 11 is 0. The number of ether oxygens (including phenoxy) is 2. The quantitative estimate of drug-likeness (QED) is 0.339. The monoisotopic (exact) mass is 500 g/mol. The number of oxime groups is 1. The first kappa shape index (κ1) is 24.3. The van der Waals surface area contributed by atoms with E-state index in [0.717, 1.165) is 0 Å². The third-order valence-corrected chi connectivity index (χ3v) is 7.39. The summed E-state index contributed by atoms with van der Waals surface area (Å²) in [5.41, 5.74) is 0.899. The zero-order valence-corrected chi connectivity index (χ0v) is 19.9. The molecule has 3 aromatic rings. The van der Waals surface area contributed by atoms with Crippen LogP contribution >= 0.6 is 0 Å². The number of amides is 1. The third kappa shape index (κ3) is 5.81. The maximum Gasteiger partial charge on any atom is 0.279 e. The third-order valence-electron chi connectivity index (χ3n) is 5.21. The van der Waals surface area contributed by atoms with Crippen LogP contribution in [-0.2, 0) is 37.9 Å². The molecule has 1 atom stereocenters. The zero-order chi connectivity index (χ0) is 24.8. The summed E-state index contributed by atoms with van der Waals surface area (Å²) in [5.74, 6) is -0.154. The van der Waals surface area contributed by atoms with E-state index in [4.69, 9.17) is 14.3 Å². The number of carbonyl (C=O) groups excluding carboxylic acids is 1. The van der Waals surface area contributed by atoms with Gasteiger partial charge in [-0.1, -0.05) is 17.3 Å². The van der Waals surface area contributed by atoms with Crippen molar-refractivity contribution >= 4 is 27.3 Å². The molecule has 1 aromatic carbocycles. The van der Waals surface area contributed by atoms with E-state index in [1.165, 1.54) is 43.8 Å². The van der Waals surface area contributed by atoms with Crippen LogP contribution in [-0.4, -0.2) is 65.4 Å². The van der Waals surface area contributed by atoms with E-state index in [9.17, 15) is 13.2 Å². The Labute approximate surface area is 201 Å². The molecule has 0 saturated carbocycles. The zero-order valence-electron chi connectivity index (χ0n) is 19.1. The summed E-state index contributed by atoms with van der Waals surface area (Å²) < 4.78 is 37.5. The molecule has 0 spiro atoms. The summed E-state index contributed by atoms with van der Waals surface area (Å²) in [6.45, 7) is 0.623. The van der Waals surface area contributed by atoms with Gasteiger partial charge in [0.25, 0.3) is 5.91 Å². The van der Waals surface area contributed by atoms with Crippen LogP contribution < -0.4 is 10.1 Å². The molecular weight excluding hydrogens is 476 g/mol. The van der Waals surface area contributed by atoms with Crippen LogP contribution in [0.2, 0.25) is 0 Å². The van der Waals surface area contributed by atoms with E-state index in [2.05, 4.69) is 25.5 Å². The lowest BCUT2D eigenvalue weighted by molar-refractivity contribution is -0.110. The molecule has 13 heteroatoms. The minimum absolute atomic E-state index is 0.0358. The smallest absolute Gasteiger partial charge is 0.279 e. The minimum Gasteiger partial charge on any atom is -0.480 e. The van der Waals surface area contributed by atoms with E-state index in [1.54, 1.807) is 24.0 Å². The van der Waals surface area contributed by atoms with Gasteiger partial charge in [-0.15, -0.1) is 0 Å². The van der Waals surface area contributed by atoms with Crippen molar-refractivity contribution in [1.29, 1.82) is 0 Å². The number of methoxy groups -OCH3 is 1. The van der Waals surface area contributed by atoms with Crippen LogP contribution in [0.3, 0.4) is 0 Å². The number of anilines is 1. The molecule has 12 nitrogen and oxygen atoms in total. The van der Waals surface area contributed by atoms with Gasteiger partial charge in [-0.05, 0) is 24.6 Å². The minimum atomic E-state index is -3.54. The molecule has 35 heavy (non-hydrogen) atoms. The van der Waals surface area contributed by atoms with E-state index in [-0.39, 0.29) is 29.6 Å². The summed E-state index contributed by atoms with van der Waals surface area (Å²) in [6.07, 6.45) is 4.90. The van der Waals surface area contributed by atoms with E-state index in [1.807, 2.05) is 0 Å². The number of aryl methyl sites for hydroxylation is 1. The highest BCUT2D eigenvalue weighted by Gasteiger charge is 2.31. The Morgan fingerprint density at radius 3 is 2.63 bits per heavy atom. The number of hydrogen-bond acceptors (Lipinski definition) is 10. The highest BCUT2D eigenvalue weighted by Crippen LogP contribution is 2.23. The van der Waals surface area contributed by atoms with Gasteiger partial charge in [0, 0.05) is 25.4 Å². The molecule has 0 bridgehead atoms. The Hall–Kier alpha value is -3.84. The number of rotatable bonds is 9. The fourth-order valence-corrected chi connectivity index (χ4v) is 4.92. The first-order chi connectivity index (χ1) is 16.9. The van der Waals surface area contributed by atoms with Crippen molar-refractivity contribution in [3.05, 3.63) is 60.2 Å². The molecule has 3 heterocycles. The second-order valence-electron chi connectivity index (χ2n) is 7.65. The van der Waals surface area contributed by atoms with E-state index >= 15 is 0 Å². The van der Waals surface area contributed by atoms with Gasteiger partial charge in [-0.25, -0.2) is 18.4 Å². The van der Waals surface area contributed by atoms with Crippen LogP contribution in [0.1, 0.15) is 17.7 Å². The predicted molar refractivity (Wildman–Crippen MR) is 125 cm³/mol. The van der Waals surface area contributed by atoms with Crippen LogP contribution in [0.4, 0.5) is 5.82 Å². The molecule has 0 unspecified atom stereocenters. The Bertz CT molecular complexity index is 1300. The summed E-state index contributed by atoms with van der Waals surface area (Å²) in [5, 5.41) is 10.2. The predicted octanol–water partition coefficient (Wildman–Crippen LogP) is 1.34. The number of aromatic nitrogens is 4. The number of benzene rings is 1. The number of carbonyl (C=O) groups is 1. The topological polar surface area (TPSA) is 147 Å². The van der Waals surface area contributed by atoms with Crippen LogP contribution in [0.25, 0.3) is 0 Å². The summed E-state index contributed by atoms with van der Waals surface area (Å²) in [6, 6.07) is 7.65. The Balaban J connectivity index is 1.57. The van der Waals surface area contributed by atoms with Gasteiger partial charge in [-0.3, -0.25) is 9.48 Å². The van der Waals surface area contributed by atoms with Crippen molar-refractivity contribution in [3.8, 4) is 5.88 Å². The second kappa shape index (κ2) is 10.6. The molecule has 1 amide bonds. The lowest BCUT2D eigenvalue weighted by Gasteiger charge is -2.11. The number of sulfone groups is 1. The fraction of sp³-hybridized carbons (Fsp3) is 0.318. The maximum atomic E-state index is 13.0. The normalized spacial score (nSPS) is 16.2. The van der Waals surface area contributed by atoms with Crippen LogP contribution in [0.15, 0.2) is 59.0 Å². The highest BCUT2D eigenvalue weighted by atomic mass is 32.2. The van der Waals surface area contributed by atoms with Crippen molar-refractivity contribution in [2.75, 3.05) is 25.6 Å². The van der Waals surface area contributed by atoms with Crippen molar-refractivity contribution in [3.63, 3.8) is 0 Å². The average molecular weight is 501 g/mol. The summed E-state index contributed by atoms with van der Waals surface area (Å²) in [7, 11) is -0.318. The van der Waals surface area contributed by atoms with Crippen LogP contribution in [0.5, 0.6) is 5.88 Å². The summed E-state index contributed by atoms with van der Waals surface area (Å²) in [4.78, 5) is 26.6. The molecule has 0 radical (unpaired) electrons. The lowest BCUT2D eigenvalue weighted by Crippen LogP contribution is -2.25. The van der Waals surface area contributed by atoms with Gasteiger partial charge in [-0.2, -0.15) is 5.10 Å². The number of nitrogens with zero attached hydrogens (tertiary/aromatic N) is 5. The van der Waals surface area contributed by atoms with Gasteiger partial charge in [0.2, 0.25) is 5.88 Å². The Morgan fingerprint density at radius 2 is 2.03 bits per heavy atom. The molecule has 1 fully saturated rings. The lowest BCUT2D eigenvalue weighted by atomic mass is 10.1. The van der Waals surface area contributed by atoms with Gasteiger partial charge >= 0.3 is 0 Å². The van der Waals surface area contributed by atoms with Gasteiger partial charge in [0.15, 0.2) is 28.0 Å². The first-order valence-corrected chi connectivity index (χ1v) is 12.2. The first-order valence-electron chi connectivity index (χ1n) is 10.6. The van der Waals surface area contributed by atoms with Gasteiger partial charge in [0.1, 0.15) is 5.69 Å². The standard InChI is InChI=1S/C22H24N6O6S/c1-28-9-7-16(26-28)13-34-27-21(22(29)25-19-11-24-20(32-2)12-23-19)15-3-5-17(6-4-15)35(30,31)18-8-10-33-14-18/h3-7,9,11-12,18H,8,10,13-14H2,1-2H3,(H,23,25,29)/t18-/m0/s1. The molecule has 0 aliphatic carbocycles. The molecule has 1 N–H and O–H groups in total. The van der Waals surface area contributed by atoms with Crippen molar-refractivity contribution in [2.24, 2.45) is 12.2 Å². The van der Waals surface area contributed by atoms with Crippen molar-refractivity contribution in [2.45, 2.75) is 23.2 Å². The van der Waals surface area contributed by atoms with Gasteiger partial charge in [0.05, 0.1) is 36.3 Å². The van der Waals surface area contributed by atoms with E-state index in [0.29, 0.717) is 30.2 Å². The number of nitrogens with one attached hydrogen (secondary N) is 1. The van der Waals surface area contributed by atoms with Gasteiger partial charge < -0.3 is 19.6 Å². The second-order valence-corrected chi connectivity index (χ2v) is 9.88. The molecule has 2 aromatic heterocycles. The molecular formula is C22H24N6O6S. The van der Waals surface area contributed by atoms with E-state index < -0.39 is 21.0 Å². The average Bonchev–Trinajstić information content (AvgIpc) is 3.55. The van der Waals surface area contributed by atoms with Crippen LogP contribution in [0, 0.1) is 0 Å². The molecule has 1 saturated heterocycles. The Kier molecular flexibility index (Phi) is 7.36. The van der Waals surface area contributed by atoms with Crippen molar-refractivity contribution in [1.82, 2.24) is 19.7 Å².